The molecular weight excluding hydrogens is 258 g/mol. The van der Waals surface area contributed by atoms with Gasteiger partial charge in [0.15, 0.2) is 0 Å². The molecule has 5 nitrogen and oxygen atoms in total. The molecule has 0 heterocycles. The number of benzene rings is 1. The first kappa shape index (κ1) is 16.0. The van der Waals surface area contributed by atoms with Crippen LogP contribution < -0.4 is 10.1 Å². The van der Waals surface area contributed by atoms with Crippen LogP contribution in [0.5, 0.6) is 5.75 Å². The highest BCUT2D eigenvalue weighted by atomic mass is 16.5. The maximum atomic E-state index is 11.7. The van der Waals surface area contributed by atoms with E-state index in [1.54, 1.807) is 25.1 Å². The molecule has 0 aliphatic rings. The van der Waals surface area contributed by atoms with Gasteiger partial charge in [-0.1, -0.05) is 25.5 Å². The Morgan fingerprint density at radius 1 is 1.20 bits per heavy atom. The molecule has 5 heteroatoms. The second-order valence-corrected chi connectivity index (χ2v) is 4.23. The fourth-order valence-electron chi connectivity index (χ4n) is 1.56. The zero-order chi connectivity index (χ0) is 14.8. The summed E-state index contributed by atoms with van der Waals surface area (Å²) < 4.78 is 10.3. The van der Waals surface area contributed by atoms with E-state index in [9.17, 15) is 9.59 Å². The molecular formula is C15H21NO4. The molecule has 1 N–H and O–H groups in total. The van der Waals surface area contributed by atoms with Gasteiger partial charge in [0.2, 0.25) is 5.91 Å². The molecule has 0 atom stereocenters. The van der Waals surface area contributed by atoms with Gasteiger partial charge in [0.25, 0.3) is 0 Å². The number of hydrogen-bond acceptors (Lipinski definition) is 4. The Morgan fingerprint density at radius 3 is 2.65 bits per heavy atom. The molecule has 110 valence electrons. The van der Waals surface area contributed by atoms with Gasteiger partial charge in [-0.05, 0) is 25.5 Å². The number of unbranched alkanes of at least 4 members (excludes halogenated alkanes) is 1. The number of rotatable bonds is 8. The molecule has 20 heavy (non-hydrogen) atoms. The monoisotopic (exact) mass is 279 g/mol. The lowest BCUT2D eigenvalue weighted by atomic mass is 10.2. The van der Waals surface area contributed by atoms with Crippen LogP contribution in [-0.4, -0.2) is 25.1 Å². The van der Waals surface area contributed by atoms with E-state index in [1.165, 1.54) is 0 Å². The van der Waals surface area contributed by atoms with Crippen LogP contribution in [0.1, 0.15) is 33.1 Å². The molecule has 0 unspecified atom stereocenters. The number of para-hydroxylation sites is 2. The first-order valence-electron chi connectivity index (χ1n) is 6.84. The van der Waals surface area contributed by atoms with Crippen molar-refractivity contribution in [3.63, 3.8) is 0 Å². The van der Waals surface area contributed by atoms with Crippen molar-refractivity contribution >= 4 is 17.6 Å². The van der Waals surface area contributed by atoms with Crippen molar-refractivity contribution in [2.75, 3.05) is 18.5 Å². The summed E-state index contributed by atoms with van der Waals surface area (Å²) in [6.07, 6.45) is 1.69. The molecule has 0 aliphatic heterocycles. The highest BCUT2D eigenvalue weighted by Crippen LogP contribution is 2.24. The average molecular weight is 279 g/mol. The number of carbonyl (C=O) groups excluding carboxylic acids is 2. The van der Waals surface area contributed by atoms with Crippen molar-refractivity contribution in [3.05, 3.63) is 24.3 Å². The van der Waals surface area contributed by atoms with Crippen LogP contribution in [0.15, 0.2) is 24.3 Å². The van der Waals surface area contributed by atoms with E-state index in [0.29, 0.717) is 18.0 Å². The number of ether oxygens (including phenoxy) is 2. The SMILES string of the molecule is CCCCOc1ccccc1NC(=O)CC(=O)OCC. The first-order chi connectivity index (χ1) is 9.67. The Balaban J connectivity index is 2.57. The largest absolute Gasteiger partial charge is 0.491 e. The summed E-state index contributed by atoms with van der Waals surface area (Å²) in [5.41, 5.74) is 0.568. The fraction of sp³-hybridized carbons (Fsp3) is 0.467. The van der Waals surface area contributed by atoms with E-state index in [1.807, 2.05) is 6.07 Å². The van der Waals surface area contributed by atoms with Gasteiger partial charge in [-0.3, -0.25) is 9.59 Å². The lowest BCUT2D eigenvalue weighted by molar-refractivity contribution is -0.145. The molecule has 0 saturated heterocycles. The third-order valence-electron chi connectivity index (χ3n) is 2.53. The van der Waals surface area contributed by atoms with Crippen molar-refractivity contribution in [1.82, 2.24) is 0 Å². The molecule has 0 spiro atoms. The van der Waals surface area contributed by atoms with E-state index in [2.05, 4.69) is 12.2 Å². The topological polar surface area (TPSA) is 64.6 Å². The second kappa shape index (κ2) is 8.96. The van der Waals surface area contributed by atoms with E-state index < -0.39 is 11.9 Å². The van der Waals surface area contributed by atoms with Crippen molar-refractivity contribution in [2.45, 2.75) is 33.1 Å². The van der Waals surface area contributed by atoms with Crippen LogP contribution in [0.4, 0.5) is 5.69 Å². The van der Waals surface area contributed by atoms with Crippen LogP contribution in [0.25, 0.3) is 0 Å². The molecule has 1 amide bonds. The van der Waals surface area contributed by atoms with Crippen molar-refractivity contribution in [3.8, 4) is 5.75 Å². The zero-order valence-corrected chi connectivity index (χ0v) is 12.0. The number of hydrogen-bond donors (Lipinski definition) is 1. The van der Waals surface area contributed by atoms with Gasteiger partial charge in [0.05, 0.1) is 18.9 Å². The molecule has 0 radical (unpaired) electrons. The Morgan fingerprint density at radius 2 is 1.95 bits per heavy atom. The van der Waals surface area contributed by atoms with Crippen LogP contribution in [-0.2, 0) is 14.3 Å². The lowest BCUT2D eigenvalue weighted by Gasteiger charge is -2.12. The van der Waals surface area contributed by atoms with Gasteiger partial charge in [-0.2, -0.15) is 0 Å². The molecule has 1 aromatic rings. The minimum atomic E-state index is -0.533. The predicted octanol–water partition coefficient (Wildman–Crippen LogP) is 2.76. The van der Waals surface area contributed by atoms with Gasteiger partial charge < -0.3 is 14.8 Å². The van der Waals surface area contributed by atoms with E-state index in [-0.39, 0.29) is 13.0 Å². The van der Waals surface area contributed by atoms with Crippen molar-refractivity contribution < 1.29 is 19.1 Å². The van der Waals surface area contributed by atoms with E-state index in [4.69, 9.17) is 9.47 Å². The number of anilines is 1. The van der Waals surface area contributed by atoms with Gasteiger partial charge in [0, 0.05) is 0 Å². The Kier molecular flexibility index (Phi) is 7.17. The quantitative estimate of drug-likeness (QED) is 0.451. The minimum Gasteiger partial charge on any atom is -0.491 e. The summed E-state index contributed by atoms with van der Waals surface area (Å²) in [7, 11) is 0. The zero-order valence-electron chi connectivity index (χ0n) is 12.0. The molecule has 1 rings (SSSR count). The molecule has 0 fully saturated rings. The van der Waals surface area contributed by atoms with Crippen LogP contribution in [0.3, 0.4) is 0 Å². The summed E-state index contributed by atoms with van der Waals surface area (Å²) in [5, 5.41) is 2.66. The van der Waals surface area contributed by atoms with Crippen molar-refractivity contribution in [1.29, 1.82) is 0 Å². The lowest BCUT2D eigenvalue weighted by Crippen LogP contribution is -2.18. The third-order valence-corrected chi connectivity index (χ3v) is 2.53. The second-order valence-electron chi connectivity index (χ2n) is 4.23. The standard InChI is InChI=1S/C15H21NO4/c1-3-5-10-20-13-9-7-6-8-12(13)16-14(17)11-15(18)19-4-2/h6-9H,3-5,10-11H2,1-2H3,(H,16,17). The molecule has 1 aromatic carbocycles. The molecule has 0 saturated carbocycles. The highest BCUT2D eigenvalue weighted by Gasteiger charge is 2.12. The Hall–Kier alpha value is -2.04. The van der Waals surface area contributed by atoms with Crippen LogP contribution in [0, 0.1) is 0 Å². The van der Waals surface area contributed by atoms with Gasteiger partial charge in [0.1, 0.15) is 12.2 Å². The number of carbonyl (C=O) groups is 2. The number of amides is 1. The maximum Gasteiger partial charge on any atom is 0.315 e. The summed E-state index contributed by atoms with van der Waals surface area (Å²) >= 11 is 0. The number of nitrogens with one attached hydrogen (secondary N) is 1. The third kappa shape index (κ3) is 5.73. The normalized spacial score (nSPS) is 9.90. The highest BCUT2D eigenvalue weighted by molar-refractivity contribution is 6.02. The van der Waals surface area contributed by atoms with Gasteiger partial charge in [-0.15, -0.1) is 0 Å². The van der Waals surface area contributed by atoms with Gasteiger partial charge >= 0.3 is 5.97 Å². The fourth-order valence-corrected chi connectivity index (χ4v) is 1.56. The molecule has 0 aliphatic carbocycles. The Bertz CT molecular complexity index is 445. The van der Waals surface area contributed by atoms with Crippen LogP contribution in [0.2, 0.25) is 0 Å². The van der Waals surface area contributed by atoms with E-state index >= 15 is 0 Å². The summed E-state index contributed by atoms with van der Waals surface area (Å²) in [6.45, 7) is 4.65. The molecule has 0 bridgehead atoms. The van der Waals surface area contributed by atoms with Crippen molar-refractivity contribution in [2.24, 2.45) is 0 Å². The van der Waals surface area contributed by atoms with Gasteiger partial charge in [-0.25, -0.2) is 0 Å². The first-order valence-corrected chi connectivity index (χ1v) is 6.84. The van der Waals surface area contributed by atoms with Crippen LogP contribution >= 0.6 is 0 Å². The summed E-state index contributed by atoms with van der Waals surface area (Å²) in [6, 6.07) is 7.16. The summed E-state index contributed by atoms with van der Waals surface area (Å²) in [4.78, 5) is 22.9. The van der Waals surface area contributed by atoms with E-state index in [0.717, 1.165) is 12.8 Å². The minimum absolute atomic E-state index is 0.267. The smallest absolute Gasteiger partial charge is 0.315 e. The predicted molar refractivity (Wildman–Crippen MR) is 76.7 cm³/mol. The summed E-state index contributed by atoms with van der Waals surface area (Å²) in [5.74, 6) is -0.331. The number of esters is 1. The average Bonchev–Trinajstić information content (AvgIpc) is 2.41. The Labute approximate surface area is 119 Å². The molecule has 0 aromatic heterocycles. The maximum absolute atomic E-state index is 11.7.